The van der Waals surface area contributed by atoms with Crippen molar-refractivity contribution in [2.45, 2.75) is 10.8 Å². The highest BCUT2D eigenvalue weighted by Crippen LogP contribution is 2.19. The molecule has 15 heavy (non-hydrogen) atoms. The Morgan fingerprint density at radius 3 is 2.73 bits per heavy atom. The van der Waals surface area contributed by atoms with Crippen LogP contribution >= 0.6 is 11.3 Å². The van der Waals surface area contributed by atoms with E-state index in [1.807, 2.05) is 5.92 Å². The number of amides is 1. The molecule has 5 nitrogen and oxygen atoms in total. The van der Waals surface area contributed by atoms with E-state index in [2.05, 4.69) is 5.32 Å². The van der Waals surface area contributed by atoms with E-state index in [0.29, 0.717) is 4.88 Å². The van der Waals surface area contributed by atoms with Crippen LogP contribution in [0.5, 0.6) is 0 Å². The molecule has 0 aliphatic heterocycles. The zero-order chi connectivity index (χ0) is 11.5. The zero-order valence-corrected chi connectivity index (χ0v) is 9.19. The smallest absolute Gasteiger partial charge is 0.295 e. The van der Waals surface area contributed by atoms with Crippen LogP contribution in [0.4, 0.5) is 0 Å². The minimum Gasteiger partial charge on any atom is -0.340 e. The predicted molar refractivity (Wildman–Crippen MR) is 56.4 cm³/mol. The Morgan fingerprint density at radius 1 is 1.60 bits per heavy atom. The molecule has 1 aromatic rings. The van der Waals surface area contributed by atoms with Gasteiger partial charge in [-0.1, -0.05) is 0 Å². The Balaban J connectivity index is 2.71. The number of sulfonamides is 1. The Labute approximate surface area is 91.3 Å². The molecule has 1 aromatic heterocycles. The Kier molecular flexibility index (Phi) is 3.47. The predicted octanol–water partition coefficient (Wildman–Crippen LogP) is -0.355. The second-order valence-electron chi connectivity index (χ2n) is 2.59. The molecular weight excluding hydrogens is 236 g/mol. The molecule has 0 aliphatic carbocycles. The lowest BCUT2D eigenvalue weighted by Crippen LogP contribution is -2.19. The van der Waals surface area contributed by atoms with Gasteiger partial charge in [-0.25, -0.2) is 13.6 Å². The van der Waals surface area contributed by atoms with Crippen LogP contribution in [0.2, 0.25) is 0 Å². The Morgan fingerprint density at radius 2 is 2.27 bits per heavy atom. The van der Waals surface area contributed by atoms with Crippen LogP contribution in [-0.4, -0.2) is 14.3 Å². The lowest BCUT2D eigenvalue weighted by Gasteiger charge is -1.96. The first-order valence-electron chi connectivity index (χ1n) is 3.79. The number of rotatable bonds is 3. The minimum atomic E-state index is -3.66. The number of thiophene rings is 1. The highest BCUT2D eigenvalue weighted by Gasteiger charge is 2.11. The van der Waals surface area contributed by atoms with Crippen molar-refractivity contribution >= 4 is 27.3 Å². The maximum atomic E-state index is 10.9. The molecule has 0 bridgehead atoms. The number of carbonyl (C=O) groups excluding carboxylic acids is 1. The minimum absolute atomic E-state index is 0.0625. The van der Waals surface area contributed by atoms with Crippen LogP contribution in [0.25, 0.3) is 0 Å². The summed E-state index contributed by atoms with van der Waals surface area (Å²) in [4.78, 5) is 11.4. The van der Waals surface area contributed by atoms with Crippen molar-refractivity contribution in [3.05, 3.63) is 17.0 Å². The number of hydrogen-bond donors (Lipinski definition) is 2. The van der Waals surface area contributed by atoms with Gasteiger partial charge in [0.25, 0.3) is 5.91 Å². The van der Waals surface area contributed by atoms with E-state index in [-0.39, 0.29) is 10.8 Å². The molecule has 0 aliphatic rings. The summed E-state index contributed by atoms with van der Waals surface area (Å²) in [6.45, 7) is 0.198. The van der Waals surface area contributed by atoms with E-state index in [1.165, 1.54) is 6.07 Å². The third-order valence-corrected chi connectivity index (χ3v) is 4.00. The first-order chi connectivity index (χ1) is 6.93. The van der Waals surface area contributed by atoms with E-state index in [9.17, 15) is 13.2 Å². The standard InChI is InChI=1S/C8H8N2O3S2/c1-2-7(11)10-5-6-3-4-8(14-6)15(9,12)13/h1,3-4H,5H2,(H,10,11)(H2,9,12,13). The lowest BCUT2D eigenvalue weighted by molar-refractivity contribution is -0.115. The van der Waals surface area contributed by atoms with Crippen LogP contribution in [0.1, 0.15) is 4.88 Å². The van der Waals surface area contributed by atoms with Crippen molar-refractivity contribution in [3.8, 4) is 12.3 Å². The van der Waals surface area contributed by atoms with Gasteiger partial charge in [0, 0.05) is 4.88 Å². The highest BCUT2D eigenvalue weighted by molar-refractivity contribution is 7.91. The summed E-state index contributed by atoms with van der Waals surface area (Å²) in [5.41, 5.74) is 0. The molecule has 1 amide bonds. The van der Waals surface area contributed by atoms with Gasteiger partial charge in [-0.2, -0.15) is 0 Å². The van der Waals surface area contributed by atoms with Crippen molar-refractivity contribution in [1.29, 1.82) is 0 Å². The Hall–Kier alpha value is -1.36. The molecule has 0 fully saturated rings. The van der Waals surface area contributed by atoms with Gasteiger partial charge in [0.15, 0.2) is 0 Å². The number of nitrogens with one attached hydrogen (secondary N) is 1. The topological polar surface area (TPSA) is 89.3 Å². The van der Waals surface area contributed by atoms with Crippen LogP contribution in [0.3, 0.4) is 0 Å². The third-order valence-electron chi connectivity index (χ3n) is 1.47. The number of nitrogens with two attached hydrogens (primary N) is 1. The average Bonchev–Trinajstić information content (AvgIpc) is 2.61. The number of terminal acetylenes is 1. The molecule has 1 rings (SSSR count). The quantitative estimate of drug-likeness (QED) is 0.712. The van der Waals surface area contributed by atoms with Gasteiger partial charge in [-0.15, -0.1) is 17.8 Å². The molecule has 0 aromatic carbocycles. The van der Waals surface area contributed by atoms with Crippen LogP contribution in [-0.2, 0) is 21.4 Å². The van der Waals surface area contributed by atoms with E-state index >= 15 is 0 Å². The van der Waals surface area contributed by atoms with Crippen LogP contribution in [0, 0.1) is 12.3 Å². The lowest BCUT2D eigenvalue weighted by atomic mass is 10.4. The van der Waals surface area contributed by atoms with Crippen molar-refractivity contribution in [2.75, 3.05) is 0 Å². The highest BCUT2D eigenvalue weighted by atomic mass is 32.2. The average molecular weight is 244 g/mol. The molecule has 0 saturated carbocycles. The summed E-state index contributed by atoms with van der Waals surface area (Å²) in [6.07, 6.45) is 4.84. The third kappa shape index (κ3) is 3.36. The Bertz CT molecular complexity index is 510. The molecule has 7 heteroatoms. The fraction of sp³-hybridized carbons (Fsp3) is 0.125. The molecule has 0 spiro atoms. The molecule has 80 valence electrons. The number of carbonyl (C=O) groups is 1. The van der Waals surface area contributed by atoms with Gasteiger partial charge in [-0.3, -0.25) is 4.79 Å². The van der Waals surface area contributed by atoms with Gasteiger partial charge in [0.1, 0.15) is 4.21 Å². The number of primary sulfonamides is 1. The van der Waals surface area contributed by atoms with Crippen molar-refractivity contribution < 1.29 is 13.2 Å². The monoisotopic (exact) mass is 244 g/mol. The molecule has 1 heterocycles. The van der Waals surface area contributed by atoms with Crippen LogP contribution in [0.15, 0.2) is 16.3 Å². The van der Waals surface area contributed by atoms with E-state index in [4.69, 9.17) is 11.6 Å². The van der Waals surface area contributed by atoms with Gasteiger partial charge >= 0.3 is 0 Å². The number of hydrogen-bond acceptors (Lipinski definition) is 4. The fourth-order valence-electron chi connectivity index (χ4n) is 0.825. The fourth-order valence-corrected chi connectivity index (χ4v) is 2.54. The first kappa shape index (κ1) is 11.7. The summed E-state index contributed by atoms with van der Waals surface area (Å²) in [5.74, 6) is 1.34. The van der Waals surface area contributed by atoms with E-state index < -0.39 is 15.9 Å². The normalized spacial score (nSPS) is 10.7. The maximum absolute atomic E-state index is 10.9. The molecule has 3 N–H and O–H groups in total. The van der Waals surface area contributed by atoms with Gasteiger partial charge < -0.3 is 5.32 Å². The van der Waals surface area contributed by atoms with Crippen molar-refractivity contribution in [1.82, 2.24) is 5.32 Å². The van der Waals surface area contributed by atoms with E-state index in [0.717, 1.165) is 11.3 Å². The first-order valence-corrected chi connectivity index (χ1v) is 6.15. The summed E-state index contributed by atoms with van der Waals surface area (Å²) in [5, 5.41) is 7.33. The van der Waals surface area contributed by atoms with Gasteiger partial charge in [0.05, 0.1) is 6.54 Å². The zero-order valence-electron chi connectivity index (χ0n) is 7.56. The van der Waals surface area contributed by atoms with E-state index in [1.54, 1.807) is 6.07 Å². The largest absolute Gasteiger partial charge is 0.340 e. The molecule has 0 saturated heterocycles. The van der Waals surface area contributed by atoms with Gasteiger partial charge in [-0.05, 0) is 18.1 Å². The maximum Gasteiger partial charge on any atom is 0.295 e. The summed E-state index contributed by atoms with van der Waals surface area (Å²) in [6, 6.07) is 2.96. The van der Waals surface area contributed by atoms with Crippen molar-refractivity contribution in [2.24, 2.45) is 5.14 Å². The second-order valence-corrected chi connectivity index (χ2v) is 5.55. The molecular formula is C8H8N2O3S2. The van der Waals surface area contributed by atoms with Crippen LogP contribution < -0.4 is 10.5 Å². The SMILES string of the molecule is C#CC(=O)NCc1ccc(S(N)(=O)=O)s1. The summed E-state index contributed by atoms with van der Waals surface area (Å²) >= 11 is 0.996. The molecule has 0 atom stereocenters. The molecule has 0 radical (unpaired) electrons. The summed E-state index contributed by atoms with van der Waals surface area (Å²) < 4.78 is 21.9. The van der Waals surface area contributed by atoms with Crippen molar-refractivity contribution in [3.63, 3.8) is 0 Å². The molecule has 0 unspecified atom stereocenters. The summed E-state index contributed by atoms with van der Waals surface area (Å²) in [7, 11) is -3.66. The van der Waals surface area contributed by atoms with Gasteiger partial charge in [0.2, 0.25) is 10.0 Å². The second kappa shape index (κ2) is 4.44.